The van der Waals surface area contributed by atoms with Gasteiger partial charge in [0.2, 0.25) is 0 Å². The first-order chi connectivity index (χ1) is 10.3. The molecule has 0 fully saturated rings. The van der Waals surface area contributed by atoms with E-state index in [1.807, 2.05) is 12.1 Å². The fraction of sp³-hybridized carbons (Fsp3) is 0.118. The minimum absolute atomic E-state index is 0.0740. The van der Waals surface area contributed by atoms with Crippen molar-refractivity contribution in [1.82, 2.24) is 5.32 Å². The number of methoxy groups -OCH3 is 1. The summed E-state index contributed by atoms with van der Waals surface area (Å²) in [5.74, 6) is 0.672. The van der Waals surface area contributed by atoms with Gasteiger partial charge in [0.05, 0.1) is 13.7 Å². The molecule has 2 aromatic carbocycles. The molecule has 0 aliphatic heterocycles. The molecule has 0 atom stereocenters. The molecule has 1 aromatic heterocycles. The van der Waals surface area contributed by atoms with Crippen LogP contribution < -0.4 is 10.1 Å². The molecular formula is C17H15NO2S. The highest BCUT2D eigenvalue weighted by atomic mass is 32.1. The number of thiophene rings is 1. The number of benzene rings is 2. The molecule has 106 valence electrons. The lowest BCUT2D eigenvalue weighted by Crippen LogP contribution is -2.22. The van der Waals surface area contributed by atoms with Gasteiger partial charge in [-0.05, 0) is 41.8 Å². The predicted molar refractivity (Wildman–Crippen MR) is 86.0 cm³/mol. The van der Waals surface area contributed by atoms with Crippen molar-refractivity contribution in [3.63, 3.8) is 0 Å². The van der Waals surface area contributed by atoms with Gasteiger partial charge in [-0.15, -0.1) is 11.3 Å². The number of nitrogens with one attached hydrogen (secondary N) is 1. The first-order valence-electron chi connectivity index (χ1n) is 6.66. The third-order valence-electron chi connectivity index (χ3n) is 3.25. The Morgan fingerprint density at radius 2 is 1.90 bits per heavy atom. The maximum atomic E-state index is 12.1. The van der Waals surface area contributed by atoms with Gasteiger partial charge in [0, 0.05) is 15.1 Å². The highest BCUT2D eigenvalue weighted by molar-refractivity contribution is 7.19. The van der Waals surface area contributed by atoms with Crippen molar-refractivity contribution in [3.8, 4) is 5.75 Å². The van der Waals surface area contributed by atoms with Gasteiger partial charge in [-0.1, -0.05) is 18.2 Å². The quantitative estimate of drug-likeness (QED) is 0.794. The highest BCUT2D eigenvalue weighted by Gasteiger charge is 2.07. The SMILES string of the molecule is COc1ccc(C(=O)NCc2cc3ccccc3s2)cc1. The van der Waals surface area contributed by atoms with E-state index in [4.69, 9.17) is 4.74 Å². The maximum Gasteiger partial charge on any atom is 0.251 e. The number of hydrogen-bond acceptors (Lipinski definition) is 3. The van der Waals surface area contributed by atoms with Crippen molar-refractivity contribution < 1.29 is 9.53 Å². The van der Waals surface area contributed by atoms with Crippen LogP contribution in [0, 0.1) is 0 Å². The Labute approximate surface area is 127 Å². The number of carbonyl (C=O) groups excluding carboxylic acids is 1. The molecule has 3 rings (SSSR count). The number of carbonyl (C=O) groups is 1. The molecule has 0 unspecified atom stereocenters. The Morgan fingerprint density at radius 1 is 1.14 bits per heavy atom. The van der Waals surface area contributed by atoms with E-state index in [9.17, 15) is 4.79 Å². The second-order valence-corrected chi connectivity index (χ2v) is 5.83. The molecule has 0 saturated carbocycles. The Kier molecular flexibility index (Phi) is 3.88. The van der Waals surface area contributed by atoms with E-state index >= 15 is 0 Å². The molecule has 0 aliphatic carbocycles. The number of hydrogen-bond donors (Lipinski definition) is 1. The minimum Gasteiger partial charge on any atom is -0.497 e. The molecule has 3 aromatic rings. The Hall–Kier alpha value is -2.33. The zero-order valence-electron chi connectivity index (χ0n) is 11.6. The fourth-order valence-electron chi connectivity index (χ4n) is 2.14. The van der Waals surface area contributed by atoms with Gasteiger partial charge in [-0.2, -0.15) is 0 Å². The molecule has 1 N–H and O–H groups in total. The second-order valence-electron chi connectivity index (χ2n) is 4.66. The van der Waals surface area contributed by atoms with Crippen LogP contribution in [0.25, 0.3) is 10.1 Å². The van der Waals surface area contributed by atoms with Gasteiger partial charge in [-0.25, -0.2) is 0 Å². The van der Waals surface area contributed by atoms with E-state index in [1.165, 1.54) is 10.1 Å². The summed E-state index contributed by atoms with van der Waals surface area (Å²) < 4.78 is 6.32. The summed E-state index contributed by atoms with van der Waals surface area (Å²) in [6, 6.07) is 17.4. The zero-order chi connectivity index (χ0) is 14.7. The van der Waals surface area contributed by atoms with Crippen LogP contribution in [0.4, 0.5) is 0 Å². The highest BCUT2D eigenvalue weighted by Crippen LogP contribution is 2.25. The van der Waals surface area contributed by atoms with Crippen LogP contribution in [0.5, 0.6) is 5.75 Å². The summed E-state index contributed by atoms with van der Waals surface area (Å²) in [7, 11) is 1.61. The van der Waals surface area contributed by atoms with Gasteiger partial charge in [0.25, 0.3) is 5.91 Å². The maximum absolute atomic E-state index is 12.1. The lowest BCUT2D eigenvalue weighted by Gasteiger charge is -2.04. The summed E-state index contributed by atoms with van der Waals surface area (Å²) in [6.45, 7) is 0.546. The third kappa shape index (κ3) is 3.06. The van der Waals surface area contributed by atoms with Crippen LogP contribution in [-0.4, -0.2) is 13.0 Å². The molecule has 0 radical (unpaired) electrons. The summed E-state index contributed by atoms with van der Waals surface area (Å²) in [4.78, 5) is 13.2. The van der Waals surface area contributed by atoms with Crippen LogP contribution in [-0.2, 0) is 6.54 Å². The predicted octanol–water partition coefficient (Wildman–Crippen LogP) is 3.84. The molecule has 21 heavy (non-hydrogen) atoms. The molecule has 1 heterocycles. The molecule has 0 saturated heterocycles. The van der Waals surface area contributed by atoms with Crippen LogP contribution in [0.1, 0.15) is 15.2 Å². The van der Waals surface area contributed by atoms with E-state index in [2.05, 4.69) is 23.5 Å². The lowest BCUT2D eigenvalue weighted by atomic mass is 10.2. The normalized spacial score (nSPS) is 10.5. The van der Waals surface area contributed by atoms with Crippen molar-refractivity contribution in [3.05, 3.63) is 65.0 Å². The van der Waals surface area contributed by atoms with E-state index < -0.39 is 0 Å². The number of ether oxygens (including phenoxy) is 1. The van der Waals surface area contributed by atoms with Crippen LogP contribution in [0.15, 0.2) is 54.6 Å². The van der Waals surface area contributed by atoms with Crippen LogP contribution in [0.2, 0.25) is 0 Å². The van der Waals surface area contributed by atoms with Crippen LogP contribution >= 0.6 is 11.3 Å². The van der Waals surface area contributed by atoms with Gasteiger partial charge in [0.1, 0.15) is 5.75 Å². The molecule has 1 amide bonds. The van der Waals surface area contributed by atoms with E-state index in [1.54, 1.807) is 42.7 Å². The smallest absolute Gasteiger partial charge is 0.251 e. The first-order valence-corrected chi connectivity index (χ1v) is 7.47. The number of rotatable bonds is 4. The van der Waals surface area contributed by atoms with E-state index in [0.29, 0.717) is 12.1 Å². The van der Waals surface area contributed by atoms with Gasteiger partial charge in [0.15, 0.2) is 0 Å². The minimum atomic E-state index is -0.0740. The van der Waals surface area contributed by atoms with E-state index in [0.717, 1.165) is 10.6 Å². The average molecular weight is 297 g/mol. The topological polar surface area (TPSA) is 38.3 Å². The van der Waals surface area contributed by atoms with Crippen molar-refractivity contribution in [2.24, 2.45) is 0 Å². The molecule has 3 nitrogen and oxygen atoms in total. The molecular weight excluding hydrogens is 282 g/mol. The van der Waals surface area contributed by atoms with Crippen molar-refractivity contribution in [2.75, 3.05) is 7.11 Å². The van der Waals surface area contributed by atoms with E-state index in [-0.39, 0.29) is 5.91 Å². The lowest BCUT2D eigenvalue weighted by molar-refractivity contribution is 0.0951. The standard InChI is InChI=1S/C17H15NO2S/c1-20-14-8-6-12(7-9-14)17(19)18-11-15-10-13-4-2-3-5-16(13)21-15/h2-10H,11H2,1H3,(H,18,19). The van der Waals surface area contributed by atoms with Gasteiger partial charge >= 0.3 is 0 Å². The van der Waals surface area contributed by atoms with Crippen LogP contribution in [0.3, 0.4) is 0 Å². The molecule has 0 spiro atoms. The zero-order valence-corrected chi connectivity index (χ0v) is 12.4. The van der Waals surface area contributed by atoms with Gasteiger partial charge < -0.3 is 10.1 Å². The molecule has 4 heteroatoms. The summed E-state index contributed by atoms with van der Waals surface area (Å²) in [5, 5.41) is 4.16. The summed E-state index contributed by atoms with van der Waals surface area (Å²) >= 11 is 1.71. The van der Waals surface area contributed by atoms with Crippen molar-refractivity contribution in [2.45, 2.75) is 6.54 Å². The molecule has 0 bridgehead atoms. The Bertz CT molecular complexity index is 729. The largest absolute Gasteiger partial charge is 0.497 e. The first kappa shape index (κ1) is 13.6. The summed E-state index contributed by atoms with van der Waals surface area (Å²) in [5.41, 5.74) is 0.636. The Balaban J connectivity index is 1.67. The number of amides is 1. The Morgan fingerprint density at radius 3 is 2.62 bits per heavy atom. The second kappa shape index (κ2) is 5.97. The van der Waals surface area contributed by atoms with Gasteiger partial charge in [-0.3, -0.25) is 4.79 Å². The van der Waals surface area contributed by atoms with Crippen molar-refractivity contribution in [1.29, 1.82) is 0 Å². The monoisotopic (exact) mass is 297 g/mol. The number of fused-ring (bicyclic) bond motifs is 1. The average Bonchev–Trinajstić information content (AvgIpc) is 2.95. The van der Waals surface area contributed by atoms with Crippen molar-refractivity contribution >= 4 is 27.3 Å². The third-order valence-corrected chi connectivity index (χ3v) is 4.37. The molecule has 0 aliphatic rings. The summed E-state index contributed by atoms with van der Waals surface area (Å²) in [6.07, 6.45) is 0. The fourth-order valence-corrected chi connectivity index (χ4v) is 3.14.